The fourth-order valence-electron chi connectivity index (χ4n) is 2.46. The van der Waals surface area contributed by atoms with Crippen LogP contribution < -0.4 is 11.1 Å². The van der Waals surface area contributed by atoms with Gasteiger partial charge in [0.25, 0.3) is 5.91 Å². The molecule has 0 radical (unpaired) electrons. The first-order valence-electron chi connectivity index (χ1n) is 6.88. The first-order valence-corrected chi connectivity index (χ1v) is 6.88. The van der Waals surface area contributed by atoms with Crippen molar-refractivity contribution in [3.8, 4) is 0 Å². The Bertz CT molecular complexity index is 428. The van der Waals surface area contributed by atoms with Crippen molar-refractivity contribution in [1.29, 1.82) is 0 Å². The van der Waals surface area contributed by atoms with Crippen LogP contribution in [-0.4, -0.2) is 25.2 Å². The lowest BCUT2D eigenvalue weighted by Gasteiger charge is -2.28. The van der Waals surface area contributed by atoms with E-state index in [4.69, 9.17) is 10.5 Å². The van der Waals surface area contributed by atoms with Crippen molar-refractivity contribution in [3.63, 3.8) is 0 Å². The van der Waals surface area contributed by atoms with E-state index in [0.717, 1.165) is 31.6 Å². The third-order valence-electron chi connectivity index (χ3n) is 3.76. The minimum atomic E-state index is -0.0192. The van der Waals surface area contributed by atoms with Crippen molar-refractivity contribution in [3.05, 3.63) is 35.4 Å². The van der Waals surface area contributed by atoms with E-state index in [1.165, 1.54) is 0 Å². The van der Waals surface area contributed by atoms with Crippen molar-refractivity contribution >= 4 is 5.91 Å². The van der Waals surface area contributed by atoms with Gasteiger partial charge in [0.1, 0.15) is 0 Å². The summed E-state index contributed by atoms with van der Waals surface area (Å²) in [4.78, 5) is 12.2. The molecule has 1 aromatic carbocycles. The average molecular weight is 262 g/mol. The molecule has 0 aromatic heterocycles. The third kappa shape index (κ3) is 3.78. The van der Waals surface area contributed by atoms with Gasteiger partial charge in [0, 0.05) is 31.4 Å². The molecule has 0 bridgehead atoms. The lowest BCUT2D eigenvalue weighted by molar-refractivity contribution is 0.0538. The Balaban J connectivity index is 1.95. The summed E-state index contributed by atoms with van der Waals surface area (Å²) in [6, 6.07) is 7.66. The molecular weight excluding hydrogens is 240 g/mol. The predicted molar refractivity (Wildman–Crippen MR) is 74.8 cm³/mol. The van der Waals surface area contributed by atoms with E-state index in [9.17, 15) is 4.79 Å². The normalized spacial score (nSPS) is 18.0. The monoisotopic (exact) mass is 262 g/mol. The first kappa shape index (κ1) is 14.0. The summed E-state index contributed by atoms with van der Waals surface area (Å²) >= 11 is 0. The van der Waals surface area contributed by atoms with Crippen LogP contribution in [-0.2, 0) is 11.3 Å². The van der Waals surface area contributed by atoms with Gasteiger partial charge >= 0.3 is 0 Å². The summed E-state index contributed by atoms with van der Waals surface area (Å²) in [5.41, 5.74) is 7.25. The highest BCUT2D eigenvalue weighted by atomic mass is 16.5. The van der Waals surface area contributed by atoms with Crippen molar-refractivity contribution in [1.82, 2.24) is 5.32 Å². The second-order valence-corrected chi connectivity index (χ2v) is 5.12. The molecule has 1 amide bonds. The second-order valence-electron chi connectivity index (χ2n) is 5.12. The van der Waals surface area contributed by atoms with Gasteiger partial charge in [-0.15, -0.1) is 0 Å². The number of carbonyl (C=O) groups excluding carboxylic acids is 1. The van der Waals surface area contributed by atoms with Crippen LogP contribution in [0.5, 0.6) is 0 Å². The molecule has 104 valence electrons. The number of carbonyl (C=O) groups is 1. The maximum atomic E-state index is 12.2. The average Bonchev–Trinajstić information content (AvgIpc) is 2.48. The topological polar surface area (TPSA) is 64.4 Å². The van der Waals surface area contributed by atoms with Gasteiger partial charge in [-0.05, 0) is 43.4 Å². The molecule has 1 saturated heterocycles. The Kier molecular flexibility index (Phi) is 4.93. The van der Waals surface area contributed by atoms with E-state index in [0.29, 0.717) is 18.0 Å². The van der Waals surface area contributed by atoms with Gasteiger partial charge in [-0.3, -0.25) is 4.79 Å². The zero-order chi connectivity index (χ0) is 13.7. The summed E-state index contributed by atoms with van der Waals surface area (Å²) in [6.07, 6.45) is 2.04. The molecule has 4 nitrogen and oxygen atoms in total. The number of nitrogens with one attached hydrogen (secondary N) is 1. The Morgan fingerprint density at radius 3 is 2.89 bits per heavy atom. The van der Waals surface area contributed by atoms with Crippen molar-refractivity contribution < 1.29 is 9.53 Å². The summed E-state index contributed by atoms with van der Waals surface area (Å²) in [6.45, 7) is 4.12. The van der Waals surface area contributed by atoms with Gasteiger partial charge in [0.15, 0.2) is 0 Å². The SMILES string of the molecule is CC(NC(=O)c1cccc(CN)c1)C1CCOCC1. The highest BCUT2D eigenvalue weighted by Crippen LogP contribution is 2.19. The Morgan fingerprint density at radius 1 is 1.47 bits per heavy atom. The summed E-state index contributed by atoms with van der Waals surface area (Å²) in [5.74, 6) is 0.490. The van der Waals surface area contributed by atoms with Gasteiger partial charge in [-0.1, -0.05) is 12.1 Å². The zero-order valence-corrected chi connectivity index (χ0v) is 11.4. The molecule has 19 heavy (non-hydrogen) atoms. The van der Waals surface area contributed by atoms with Crippen LogP contribution in [0.3, 0.4) is 0 Å². The van der Waals surface area contributed by atoms with Crippen molar-refractivity contribution in [2.24, 2.45) is 11.7 Å². The first-order chi connectivity index (χ1) is 9.20. The Labute approximate surface area is 114 Å². The predicted octanol–water partition coefficient (Wildman–Crippen LogP) is 1.69. The molecule has 3 N–H and O–H groups in total. The third-order valence-corrected chi connectivity index (χ3v) is 3.76. The van der Waals surface area contributed by atoms with E-state index in [1.807, 2.05) is 24.3 Å². The quantitative estimate of drug-likeness (QED) is 0.868. The molecule has 4 heteroatoms. The number of rotatable bonds is 4. The van der Waals surface area contributed by atoms with Crippen LogP contribution in [0, 0.1) is 5.92 Å². The molecular formula is C15H22N2O2. The van der Waals surface area contributed by atoms with Crippen LogP contribution in [0.1, 0.15) is 35.7 Å². The minimum absolute atomic E-state index is 0.0192. The molecule has 0 spiro atoms. The van der Waals surface area contributed by atoms with Crippen LogP contribution in [0.4, 0.5) is 0 Å². The minimum Gasteiger partial charge on any atom is -0.381 e. The summed E-state index contributed by atoms with van der Waals surface area (Å²) < 4.78 is 5.34. The molecule has 1 aromatic rings. The van der Waals surface area contributed by atoms with Gasteiger partial charge in [0.2, 0.25) is 0 Å². The number of hydrogen-bond donors (Lipinski definition) is 2. The van der Waals surface area contributed by atoms with Crippen molar-refractivity contribution in [2.45, 2.75) is 32.4 Å². The van der Waals surface area contributed by atoms with Crippen LogP contribution in [0.25, 0.3) is 0 Å². The van der Waals surface area contributed by atoms with Gasteiger partial charge in [-0.25, -0.2) is 0 Å². The van der Waals surface area contributed by atoms with E-state index < -0.39 is 0 Å². The lowest BCUT2D eigenvalue weighted by Crippen LogP contribution is -2.40. The summed E-state index contributed by atoms with van der Waals surface area (Å²) in [7, 11) is 0. The fourth-order valence-corrected chi connectivity index (χ4v) is 2.46. The van der Waals surface area contributed by atoms with Gasteiger partial charge in [0.05, 0.1) is 0 Å². The second kappa shape index (κ2) is 6.68. The molecule has 1 aliphatic rings. The Hall–Kier alpha value is -1.39. The lowest BCUT2D eigenvalue weighted by atomic mass is 9.92. The molecule has 0 aliphatic carbocycles. The summed E-state index contributed by atoms with van der Waals surface area (Å²) in [5, 5.41) is 3.08. The van der Waals surface area contributed by atoms with E-state index >= 15 is 0 Å². The number of amides is 1. The fraction of sp³-hybridized carbons (Fsp3) is 0.533. The molecule has 1 heterocycles. The highest BCUT2D eigenvalue weighted by Gasteiger charge is 2.22. The molecule has 1 fully saturated rings. The van der Waals surface area contributed by atoms with Crippen LogP contribution >= 0.6 is 0 Å². The van der Waals surface area contributed by atoms with Crippen LogP contribution in [0.2, 0.25) is 0 Å². The standard InChI is InChI=1S/C15H22N2O2/c1-11(13-5-7-19-8-6-13)17-15(18)14-4-2-3-12(9-14)10-16/h2-4,9,11,13H,5-8,10,16H2,1H3,(H,17,18). The molecule has 1 aliphatic heterocycles. The highest BCUT2D eigenvalue weighted by molar-refractivity contribution is 5.94. The van der Waals surface area contributed by atoms with E-state index in [-0.39, 0.29) is 11.9 Å². The molecule has 0 saturated carbocycles. The smallest absolute Gasteiger partial charge is 0.251 e. The number of ether oxygens (including phenoxy) is 1. The maximum Gasteiger partial charge on any atom is 0.251 e. The van der Waals surface area contributed by atoms with Crippen molar-refractivity contribution in [2.75, 3.05) is 13.2 Å². The van der Waals surface area contributed by atoms with Crippen LogP contribution in [0.15, 0.2) is 24.3 Å². The van der Waals surface area contributed by atoms with Gasteiger partial charge in [-0.2, -0.15) is 0 Å². The number of nitrogens with two attached hydrogens (primary N) is 1. The zero-order valence-electron chi connectivity index (χ0n) is 11.4. The molecule has 1 atom stereocenters. The molecule has 1 unspecified atom stereocenters. The number of benzene rings is 1. The van der Waals surface area contributed by atoms with E-state index in [2.05, 4.69) is 12.2 Å². The maximum absolute atomic E-state index is 12.2. The Morgan fingerprint density at radius 2 is 2.21 bits per heavy atom. The molecule has 2 rings (SSSR count). The largest absolute Gasteiger partial charge is 0.381 e. The van der Waals surface area contributed by atoms with E-state index in [1.54, 1.807) is 0 Å². The number of hydrogen-bond acceptors (Lipinski definition) is 3. The van der Waals surface area contributed by atoms with Gasteiger partial charge < -0.3 is 15.8 Å².